The van der Waals surface area contributed by atoms with E-state index >= 15 is 0 Å². The molecule has 0 spiro atoms. The SMILES string of the molecule is CCn1c(C[NH+]2CCCCC2)nc2ccccc21. The van der Waals surface area contributed by atoms with Crippen LogP contribution in [0.4, 0.5) is 0 Å². The van der Waals surface area contributed by atoms with Gasteiger partial charge >= 0.3 is 0 Å². The van der Waals surface area contributed by atoms with Gasteiger partial charge in [-0.1, -0.05) is 12.1 Å². The summed E-state index contributed by atoms with van der Waals surface area (Å²) >= 11 is 0. The quantitative estimate of drug-likeness (QED) is 0.871. The Morgan fingerprint density at radius 3 is 2.72 bits per heavy atom. The minimum absolute atomic E-state index is 1.02. The maximum atomic E-state index is 4.82. The molecule has 1 aliphatic heterocycles. The van der Waals surface area contributed by atoms with E-state index in [0.717, 1.165) is 18.6 Å². The molecule has 0 aliphatic carbocycles. The van der Waals surface area contributed by atoms with Crippen LogP contribution in [0.3, 0.4) is 0 Å². The Labute approximate surface area is 108 Å². The highest BCUT2D eigenvalue weighted by atomic mass is 15.2. The Bertz CT molecular complexity index is 524. The zero-order valence-corrected chi connectivity index (χ0v) is 11.2. The second-order valence-corrected chi connectivity index (χ2v) is 5.25. The van der Waals surface area contributed by atoms with Crippen LogP contribution in [0, 0.1) is 0 Å². The van der Waals surface area contributed by atoms with Crippen molar-refractivity contribution in [2.75, 3.05) is 13.1 Å². The van der Waals surface area contributed by atoms with Crippen LogP contribution in [0.15, 0.2) is 24.3 Å². The van der Waals surface area contributed by atoms with E-state index in [1.54, 1.807) is 4.90 Å². The summed E-state index contributed by atoms with van der Waals surface area (Å²) in [4.78, 5) is 6.52. The van der Waals surface area contributed by atoms with Crippen molar-refractivity contribution in [3.8, 4) is 0 Å². The number of nitrogens with zero attached hydrogens (tertiary/aromatic N) is 2. The van der Waals surface area contributed by atoms with Crippen molar-refractivity contribution in [2.45, 2.75) is 39.3 Å². The molecule has 1 fully saturated rings. The van der Waals surface area contributed by atoms with Crippen LogP contribution in [0.1, 0.15) is 32.0 Å². The molecular weight excluding hydrogens is 222 g/mol. The normalized spacial score (nSPS) is 17.4. The van der Waals surface area contributed by atoms with E-state index in [2.05, 4.69) is 35.8 Å². The second kappa shape index (κ2) is 5.11. The number of hydrogen-bond donors (Lipinski definition) is 1. The smallest absolute Gasteiger partial charge is 0.165 e. The number of aryl methyl sites for hydroxylation is 1. The van der Waals surface area contributed by atoms with Gasteiger partial charge in [0.15, 0.2) is 5.82 Å². The molecule has 18 heavy (non-hydrogen) atoms. The van der Waals surface area contributed by atoms with Gasteiger partial charge in [-0.2, -0.15) is 0 Å². The number of quaternary nitrogens is 1. The van der Waals surface area contributed by atoms with Gasteiger partial charge in [0, 0.05) is 6.54 Å². The Morgan fingerprint density at radius 2 is 1.94 bits per heavy atom. The topological polar surface area (TPSA) is 22.3 Å². The first-order chi connectivity index (χ1) is 8.88. The largest absolute Gasteiger partial charge is 0.329 e. The van der Waals surface area contributed by atoms with E-state index in [-0.39, 0.29) is 0 Å². The molecule has 0 bridgehead atoms. The van der Waals surface area contributed by atoms with Crippen molar-refractivity contribution in [3.63, 3.8) is 0 Å². The Kier molecular flexibility index (Phi) is 3.33. The number of fused-ring (bicyclic) bond motifs is 1. The molecule has 96 valence electrons. The van der Waals surface area contributed by atoms with Crippen molar-refractivity contribution >= 4 is 11.0 Å². The van der Waals surface area contributed by atoms with Gasteiger partial charge in [0.25, 0.3) is 0 Å². The number of para-hydroxylation sites is 2. The molecule has 0 atom stereocenters. The number of aromatic nitrogens is 2. The first-order valence-electron chi connectivity index (χ1n) is 7.16. The summed E-state index contributed by atoms with van der Waals surface area (Å²) in [5.74, 6) is 1.26. The van der Waals surface area contributed by atoms with Crippen LogP contribution in [0.2, 0.25) is 0 Å². The number of rotatable bonds is 3. The highest BCUT2D eigenvalue weighted by molar-refractivity contribution is 5.75. The molecule has 3 nitrogen and oxygen atoms in total. The molecule has 1 aromatic heterocycles. The lowest BCUT2D eigenvalue weighted by molar-refractivity contribution is -0.919. The van der Waals surface area contributed by atoms with Crippen LogP contribution >= 0.6 is 0 Å². The van der Waals surface area contributed by atoms with Crippen LogP contribution in [0.5, 0.6) is 0 Å². The molecule has 0 amide bonds. The fourth-order valence-electron chi connectivity index (χ4n) is 3.07. The van der Waals surface area contributed by atoms with Gasteiger partial charge in [-0.3, -0.25) is 0 Å². The minimum Gasteiger partial charge on any atom is -0.329 e. The zero-order valence-electron chi connectivity index (χ0n) is 11.2. The third kappa shape index (κ3) is 2.15. The van der Waals surface area contributed by atoms with E-state index < -0.39 is 0 Å². The third-order valence-corrected chi connectivity index (χ3v) is 4.02. The van der Waals surface area contributed by atoms with E-state index in [0.29, 0.717) is 0 Å². The average molecular weight is 244 g/mol. The summed E-state index contributed by atoms with van der Waals surface area (Å²) < 4.78 is 2.37. The minimum atomic E-state index is 1.02. The summed E-state index contributed by atoms with van der Waals surface area (Å²) in [5, 5.41) is 0. The van der Waals surface area contributed by atoms with Crippen molar-refractivity contribution in [3.05, 3.63) is 30.1 Å². The fourth-order valence-corrected chi connectivity index (χ4v) is 3.07. The maximum Gasteiger partial charge on any atom is 0.165 e. The molecule has 0 saturated carbocycles. The number of benzene rings is 1. The first kappa shape index (κ1) is 11.7. The van der Waals surface area contributed by atoms with E-state index in [1.165, 1.54) is 43.7 Å². The summed E-state index contributed by atoms with van der Waals surface area (Å²) in [7, 11) is 0. The molecule has 2 heterocycles. The molecule has 2 aromatic rings. The first-order valence-corrected chi connectivity index (χ1v) is 7.16. The Hall–Kier alpha value is -1.35. The maximum absolute atomic E-state index is 4.82. The molecule has 1 saturated heterocycles. The van der Waals surface area contributed by atoms with Crippen molar-refractivity contribution in [1.29, 1.82) is 0 Å². The number of hydrogen-bond acceptors (Lipinski definition) is 1. The van der Waals surface area contributed by atoms with Gasteiger partial charge < -0.3 is 9.47 Å². The highest BCUT2D eigenvalue weighted by Gasteiger charge is 2.18. The molecule has 1 N–H and O–H groups in total. The van der Waals surface area contributed by atoms with Gasteiger partial charge in [-0.25, -0.2) is 4.98 Å². The molecule has 0 unspecified atom stereocenters. The number of nitrogens with one attached hydrogen (secondary N) is 1. The molecule has 3 heteroatoms. The van der Waals surface area contributed by atoms with Gasteiger partial charge in [-0.05, 0) is 38.3 Å². The number of piperidine rings is 1. The lowest BCUT2D eigenvalue weighted by atomic mass is 10.1. The summed E-state index contributed by atoms with van der Waals surface area (Å²) in [6, 6.07) is 8.48. The average Bonchev–Trinajstić information content (AvgIpc) is 2.77. The van der Waals surface area contributed by atoms with Crippen LogP contribution in [-0.2, 0) is 13.1 Å². The molecule has 0 radical (unpaired) electrons. The fraction of sp³-hybridized carbons (Fsp3) is 0.533. The van der Waals surface area contributed by atoms with Gasteiger partial charge in [0.05, 0.1) is 24.1 Å². The monoisotopic (exact) mass is 244 g/mol. The van der Waals surface area contributed by atoms with Crippen molar-refractivity contribution in [1.82, 2.24) is 9.55 Å². The highest BCUT2D eigenvalue weighted by Crippen LogP contribution is 2.15. The molecule has 1 aromatic carbocycles. The number of imidazole rings is 1. The predicted octanol–water partition coefficient (Wildman–Crippen LogP) is 1.62. The van der Waals surface area contributed by atoms with Crippen LogP contribution < -0.4 is 4.90 Å². The summed E-state index contributed by atoms with van der Waals surface area (Å²) in [6.07, 6.45) is 4.16. The molecular formula is C15H22N3+. The second-order valence-electron chi connectivity index (χ2n) is 5.25. The van der Waals surface area contributed by atoms with Crippen molar-refractivity contribution < 1.29 is 4.90 Å². The predicted molar refractivity (Wildman–Crippen MR) is 73.7 cm³/mol. The lowest BCUT2D eigenvalue weighted by Gasteiger charge is -2.23. The standard InChI is InChI=1S/C15H21N3/c1-2-18-14-9-5-4-8-13(14)16-15(18)12-17-10-6-3-7-11-17/h4-5,8-9H,2-3,6-7,10-12H2,1H3/p+1. The van der Waals surface area contributed by atoms with E-state index in [9.17, 15) is 0 Å². The van der Waals surface area contributed by atoms with E-state index in [1.807, 2.05) is 0 Å². The van der Waals surface area contributed by atoms with Gasteiger partial charge in [-0.15, -0.1) is 0 Å². The third-order valence-electron chi connectivity index (χ3n) is 4.02. The summed E-state index contributed by atoms with van der Waals surface area (Å²) in [6.45, 7) is 6.94. The van der Waals surface area contributed by atoms with Crippen LogP contribution in [-0.4, -0.2) is 22.6 Å². The number of likely N-dealkylation sites (tertiary alicyclic amines) is 1. The summed E-state index contributed by atoms with van der Waals surface area (Å²) in [5.41, 5.74) is 2.43. The van der Waals surface area contributed by atoms with Gasteiger partial charge in [0.1, 0.15) is 6.54 Å². The molecule has 1 aliphatic rings. The van der Waals surface area contributed by atoms with Crippen molar-refractivity contribution in [2.24, 2.45) is 0 Å². The molecule has 3 rings (SSSR count). The van der Waals surface area contributed by atoms with E-state index in [4.69, 9.17) is 4.98 Å². The Morgan fingerprint density at radius 1 is 1.17 bits per heavy atom. The van der Waals surface area contributed by atoms with Crippen LogP contribution in [0.25, 0.3) is 11.0 Å². The Balaban J connectivity index is 1.90. The lowest BCUT2D eigenvalue weighted by Crippen LogP contribution is -3.11. The zero-order chi connectivity index (χ0) is 12.4. The van der Waals surface area contributed by atoms with Gasteiger partial charge in [0.2, 0.25) is 0 Å².